The first-order valence-electron chi connectivity index (χ1n) is 6.35. The van der Waals surface area contributed by atoms with E-state index in [4.69, 9.17) is 27.9 Å². The molecule has 0 aliphatic rings. The highest BCUT2D eigenvalue weighted by Gasteiger charge is 2.08. The summed E-state index contributed by atoms with van der Waals surface area (Å²) in [4.78, 5) is 4.47. The number of benzene rings is 1. The molecule has 1 N–H and O–H groups in total. The molecule has 2 aromatic rings. The Kier molecular flexibility index (Phi) is 5.29. The molecule has 0 bridgehead atoms. The second-order valence-corrected chi connectivity index (χ2v) is 5.34. The SMILES string of the molecule is COCCCn1cc(C)nc1Nc1ccc(Cl)cc1Cl. The molecular formula is C14H17Cl2N3O. The van der Waals surface area contributed by atoms with Crippen LogP contribution in [0.3, 0.4) is 0 Å². The van der Waals surface area contributed by atoms with Crippen LogP contribution in [0.25, 0.3) is 0 Å². The molecule has 1 aromatic carbocycles. The Balaban J connectivity index is 2.15. The van der Waals surface area contributed by atoms with Crippen LogP contribution in [0.4, 0.5) is 11.6 Å². The van der Waals surface area contributed by atoms with Crippen molar-refractivity contribution in [1.29, 1.82) is 0 Å². The monoisotopic (exact) mass is 313 g/mol. The quantitative estimate of drug-likeness (QED) is 0.809. The first-order valence-corrected chi connectivity index (χ1v) is 7.10. The lowest BCUT2D eigenvalue weighted by Gasteiger charge is -2.11. The zero-order valence-electron chi connectivity index (χ0n) is 11.5. The average molecular weight is 314 g/mol. The largest absolute Gasteiger partial charge is 0.385 e. The van der Waals surface area contributed by atoms with Crippen molar-refractivity contribution in [1.82, 2.24) is 9.55 Å². The number of imidazole rings is 1. The van der Waals surface area contributed by atoms with Crippen LogP contribution in [0.5, 0.6) is 0 Å². The molecule has 4 nitrogen and oxygen atoms in total. The van der Waals surface area contributed by atoms with Gasteiger partial charge in [-0.2, -0.15) is 0 Å². The summed E-state index contributed by atoms with van der Waals surface area (Å²) in [6.45, 7) is 3.52. The van der Waals surface area contributed by atoms with Crippen molar-refractivity contribution in [3.05, 3.63) is 40.1 Å². The Hall–Kier alpha value is -1.23. The van der Waals surface area contributed by atoms with E-state index in [1.54, 1.807) is 19.2 Å². The fraction of sp³-hybridized carbons (Fsp3) is 0.357. The number of nitrogens with one attached hydrogen (secondary N) is 1. The average Bonchev–Trinajstić information content (AvgIpc) is 2.73. The number of aryl methyl sites for hydroxylation is 2. The minimum absolute atomic E-state index is 0.571. The van der Waals surface area contributed by atoms with Gasteiger partial charge >= 0.3 is 0 Å². The molecule has 1 heterocycles. The van der Waals surface area contributed by atoms with E-state index in [9.17, 15) is 0 Å². The smallest absolute Gasteiger partial charge is 0.207 e. The Labute approximate surface area is 128 Å². The Morgan fingerprint density at radius 3 is 2.85 bits per heavy atom. The minimum atomic E-state index is 0.571. The summed E-state index contributed by atoms with van der Waals surface area (Å²) in [7, 11) is 1.70. The van der Waals surface area contributed by atoms with Gasteiger partial charge in [0.1, 0.15) is 0 Å². The lowest BCUT2D eigenvalue weighted by Crippen LogP contribution is -2.05. The summed E-state index contributed by atoms with van der Waals surface area (Å²) < 4.78 is 7.13. The Bertz CT molecular complexity index is 584. The Morgan fingerprint density at radius 2 is 2.15 bits per heavy atom. The van der Waals surface area contributed by atoms with Crippen LogP contribution in [-0.2, 0) is 11.3 Å². The van der Waals surface area contributed by atoms with Crippen LogP contribution in [-0.4, -0.2) is 23.3 Å². The van der Waals surface area contributed by atoms with Gasteiger partial charge < -0.3 is 14.6 Å². The molecule has 6 heteroatoms. The summed E-state index contributed by atoms with van der Waals surface area (Å²) in [6.07, 6.45) is 2.93. The molecule has 0 saturated heterocycles. The molecule has 0 atom stereocenters. The number of rotatable bonds is 6. The van der Waals surface area contributed by atoms with Crippen LogP contribution in [0, 0.1) is 6.92 Å². The third-order valence-corrected chi connectivity index (χ3v) is 3.37. The Morgan fingerprint density at radius 1 is 1.35 bits per heavy atom. The number of halogens is 2. The molecule has 0 aliphatic heterocycles. The second-order valence-electron chi connectivity index (χ2n) is 4.49. The number of ether oxygens (including phenoxy) is 1. The molecule has 0 aliphatic carbocycles. The van der Waals surface area contributed by atoms with E-state index in [1.165, 1.54) is 0 Å². The molecular weight excluding hydrogens is 297 g/mol. The topological polar surface area (TPSA) is 39.1 Å². The minimum Gasteiger partial charge on any atom is -0.385 e. The van der Waals surface area contributed by atoms with Crippen LogP contribution < -0.4 is 5.32 Å². The van der Waals surface area contributed by atoms with Crippen molar-refractivity contribution in [3.8, 4) is 0 Å². The van der Waals surface area contributed by atoms with Crippen molar-refractivity contribution < 1.29 is 4.74 Å². The molecule has 20 heavy (non-hydrogen) atoms. The molecule has 108 valence electrons. The van der Waals surface area contributed by atoms with Crippen molar-refractivity contribution in [2.24, 2.45) is 0 Å². The number of aromatic nitrogens is 2. The van der Waals surface area contributed by atoms with E-state index in [0.717, 1.165) is 36.9 Å². The number of hydrogen-bond acceptors (Lipinski definition) is 3. The summed E-state index contributed by atoms with van der Waals surface area (Å²) in [6, 6.07) is 5.34. The standard InChI is InChI=1S/C14H17Cl2N3O/c1-10-9-19(6-3-7-20-2)14(17-10)18-13-5-4-11(15)8-12(13)16/h4-5,8-9H,3,6-7H2,1-2H3,(H,17,18). The molecule has 0 radical (unpaired) electrons. The van der Waals surface area contributed by atoms with Gasteiger partial charge in [0.25, 0.3) is 0 Å². The summed E-state index contributed by atoms with van der Waals surface area (Å²) in [5.74, 6) is 0.767. The van der Waals surface area contributed by atoms with Crippen LogP contribution in [0.2, 0.25) is 10.0 Å². The lowest BCUT2D eigenvalue weighted by molar-refractivity contribution is 0.190. The van der Waals surface area contributed by atoms with E-state index in [-0.39, 0.29) is 0 Å². The van der Waals surface area contributed by atoms with E-state index < -0.39 is 0 Å². The van der Waals surface area contributed by atoms with Crippen molar-refractivity contribution in [3.63, 3.8) is 0 Å². The molecule has 2 rings (SSSR count). The van der Waals surface area contributed by atoms with Gasteiger partial charge in [0, 0.05) is 31.5 Å². The van der Waals surface area contributed by atoms with Crippen molar-refractivity contribution in [2.45, 2.75) is 19.9 Å². The molecule has 0 fully saturated rings. The van der Waals surface area contributed by atoms with Crippen molar-refractivity contribution in [2.75, 3.05) is 19.0 Å². The summed E-state index contributed by atoms with van der Waals surface area (Å²) >= 11 is 12.1. The zero-order valence-corrected chi connectivity index (χ0v) is 13.0. The summed E-state index contributed by atoms with van der Waals surface area (Å²) in [5, 5.41) is 4.42. The second kappa shape index (κ2) is 6.97. The first-order chi connectivity index (χ1) is 9.60. The van der Waals surface area contributed by atoms with Gasteiger partial charge in [0.2, 0.25) is 5.95 Å². The highest BCUT2D eigenvalue weighted by molar-refractivity contribution is 6.36. The van der Waals surface area contributed by atoms with Crippen LogP contribution in [0.1, 0.15) is 12.1 Å². The lowest BCUT2D eigenvalue weighted by atomic mass is 10.3. The fourth-order valence-corrected chi connectivity index (χ4v) is 2.36. The van der Waals surface area contributed by atoms with Gasteiger partial charge in [-0.05, 0) is 31.5 Å². The van der Waals surface area contributed by atoms with Gasteiger partial charge in [-0.15, -0.1) is 0 Å². The zero-order chi connectivity index (χ0) is 14.5. The molecule has 0 spiro atoms. The fourth-order valence-electron chi connectivity index (χ4n) is 1.91. The van der Waals surface area contributed by atoms with Gasteiger partial charge in [0.15, 0.2) is 0 Å². The summed E-state index contributed by atoms with van der Waals surface area (Å²) in [5.41, 5.74) is 1.74. The predicted octanol–water partition coefficient (Wildman–Crippen LogP) is 4.28. The van der Waals surface area contributed by atoms with Crippen LogP contribution in [0.15, 0.2) is 24.4 Å². The van der Waals surface area contributed by atoms with E-state index in [1.807, 2.05) is 19.2 Å². The normalized spacial score (nSPS) is 10.8. The molecule has 0 unspecified atom stereocenters. The predicted molar refractivity (Wildman–Crippen MR) is 83.2 cm³/mol. The maximum atomic E-state index is 6.16. The highest BCUT2D eigenvalue weighted by Crippen LogP contribution is 2.28. The van der Waals surface area contributed by atoms with E-state index >= 15 is 0 Å². The number of nitrogens with zero attached hydrogens (tertiary/aromatic N) is 2. The number of methoxy groups -OCH3 is 1. The first kappa shape index (κ1) is 15.2. The number of hydrogen-bond donors (Lipinski definition) is 1. The molecule has 0 saturated carbocycles. The van der Waals surface area contributed by atoms with Crippen LogP contribution >= 0.6 is 23.2 Å². The van der Waals surface area contributed by atoms with E-state index in [2.05, 4.69) is 14.9 Å². The highest BCUT2D eigenvalue weighted by atomic mass is 35.5. The molecule has 1 aromatic heterocycles. The third kappa shape index (κ3) is 3.88. The van der Waals surface area contributed by atoms with E-state index in [0.29, 0.717) is 10.0 Å². The molecule has 0 amide bonds. The third-order valence-electron chi connectivity index (χ3n) is 2.82. The maximum Gasteiger partial charge on any atom is 0.207 e. The maximum absolute atomic E-state index is 6.16. The van der Waals surface area contributed by atoms with Gasteiger partial charge in [-0.3, -0.25) is 0 Å². The van der Waals surface area contributed by atoms with Crippen molar-refractivity contribution >= 4 is 34.8 Å². The van der Waals surface area contributed by atoms with Gasteiger partial charge in [-0.25, -0.2) is 4.98 Å². The number of anilines is 2. The van der Waals surface area contributed by atoms with Gasteiger partial charge in [0.05, 0.1) is 16.4 Å². The van der Waals surface area contributed by atoms with Gasteiger partial charge in [-0.1, -0.05) is 23.2 Å².